The summed E-state index contributed by atoms with van der Waals surface area (Å²) in [6.07, 6.45) is 8.12. The molecular weight excluding hydrogens is 252 g/mol. The highest BCUT2D eigenvalue weighted by atomic mass is 16.5. The molecule has 108 valence electrons. The summed E-state index contributed by atoms with van der Waals surface area (Å²) in [4.78, 5) is 0. The lowest BCUT2D eigenvalue weighted by Gasteiger charge is -2.32. The number of phenolic OH excluding ortho intramolecular Hbond substituents is 1. The lowest BCUT2D eigenvalue weighted by atomic mass is 9.94. The second kappa shape index (κ2) is 5.61. The number of hydrogen-bond acceptors (Lipinski definition) is 3. The van der Waals surface area contributed by atoms with Crippen LogP contribution in [0.4, 0.5) is 0 Å². The summed E-state index contributed by atoms with van der Waals surface area (Å²) >= 11 is 0. The van der Waals surface area contributed by atoms with Gasteiger partial charge in [0.2, 0.25) is 0 Å². The molecule has 0 aromatic heterocycles. The normalized spacial score (nSPS) is 20.0. The zero-order valence-electron chi connectivity index (χ0n) is 12.6. The van der Waals surface area contributed by atoms with Gasteiger partial charge in [-0.2, -0.15) is 0 Å². The fraction of sp³-hybridized carbons (Fsp3) is 0.412. The molecule has 1 aliphatic rings. The molecule has 0 fully saturated rings. The quantitative estimate of drug-likeness (QED) is 0.831. The van der Waals surface area contributed by atoms with E-state index < -0.39 is 0 Å². The Balaban J connectivity index is 2.24. The van der Waals surface area contributed by atoms with Crippen LogP contribution in [0.5, 0.6) is 17.2 Å². The van der Waals surface area contributed by atoms with E-state index in [2.05, 4.69) is 26.8 Å². The van der Waals surface area contributed by atoms with Gasteiger partial charge in [0.1, 0.15) is 11.4 Å². The van der Waals surface area contributed by atoms with Crippen molar-refractivity contribution < 1.29 is 14.6 Å². The molecule has 1 aromatic carbocycles. The summed E-state index contributed by atoms with van der Waals surface area (Å²) in [5, 5.41) is 9.66. The SMILES string of the molecule is COc1cc(O)cc2c1O[C@](C)(CCC=C(C)C)C=C2. The van der Waals surface area contributed by atoms with Crippen molar-refractivity contribution in [3.05, 3.63) is 35.4 Å². The smallest absolute Gasteiger partial charge is 0.169 e. The summed E-state index contributed by atoms with van der Waals surface area (Å²) in [7, 11) is 1.58. The summed E-state index contributed by atoms with van der Waals surface area (Å²) in [5.74, 6) is 1.45. The van der Waals surface area contributed by atoms with Crippen LogP contribution in [0, 0.1) is 0 Å². The van der Waals surface area contributed by atoms with Gasteiger partial charge in [0.25, 0.3) is 0 Å². The second-order valence-electron chi connectivity index (χ2n) is 5.63. The minimum absolute atomic E-state index is 0.182. The summed E-state index contributed by atoms with van der Waals surface area (Å²) in [6.45, 7) is 6.26. The van der Waals surface area contributed by atoms with Gasteiger partial charge in [-0.3, -0.25) is 0 Å². The van der Waals surface area contributed by atoms with Gasteiger partial charge < -0.3 is 14.6 Å². The van der Waals surface area contributed by atoms with Crippen molar-refractivity contribution >= 4 is 6.08 Å². The molecular formula is C17H22O3. The molecule has 1 aliphatic heterocycles. The first kappa shape index (κ1) is 14.5. The Labute approximate surface area is 120 Å². The van der Waals surface area contributed by atoms with E-state index in [0.717, 1.165) is 18.4 Å². The van der Waals surface area contributed by atoms with Crippen LogP contribution in [0.25, 0.3) is 6.08 Å². The van der Waals surface area contributed by atoms with Crippen LogP contribution in [0.1, 0.15) is 39.2 Å². The first-order valence-corrected chi connectivity index (χ1v) is 6.86. The van der Waals surface area contributed by atoms with E-state index in [1.165, 1.54) is 5.57 Å². The number of ether oxygens (including phenoxy) is 2. The highest BCUT2D eigenvalue weighted by Crippen LogP contribution is 2.42. The van der Waals surface area contributed by atoms with E-state index in [9.17, 15) is 5.11 Å². The minimum Gasteiger partial charge on any atom is -0.508 e. The van der Waals surface area contributed by atoms with E-state index in [4.69, 9.17) is 9.47 Å². The standard InChI is InChI=1S/C17H22O3/c1-12(2)6-5-8-17(3)9-7-13-10-14(18)11-15(19-4)16(13)20-17/h6-7,9-11,18H,5,8H2,1-4H3/t17-/m1/s1. The predicted molar refractivity (Wildman–Crippen MR) is 81.4 cm³/mol. The van der Waals surface area contributed by atoms with Crippen LogP contribution < -0.4 is 9.47 Å². The van der Waals surface area contributed by atoms with E-state index in [0.29, 0.717) is 11.5 Å². The number of allylic oxidation sites excluding steroid dienone is 2. The first-order valence-electron chi connectivity index (χ1n) is 6.86. The molecule has 20 heavy (non-hydrogen) atoms. The highest BCUT2D eigenvalue weighted by Gasteiger charge is 2.29. The van der Waals surface area contributed by atoms with Crippen molar-refractivity contribution in [1.29, 1.82) is 0 Å². The Bertz CT molecular complexity index is 554. The third-order valence-electron chi connectivity index (χ3n) is 3.43. The van der Waals surface area contributed by atoms with Gasteiger partial charge in [0.15, 0.2) is 11.5 Å². The molecule has 3 heteroatoms. The lowest BCUT2D eigenvalue weighted by molar-refractivity contribution is 0.123. The molecule has 0 saturated heterocycles. The highest BCUT2D eigenvalue weighted by molar-refractivity contribution is 5.67. The van der Waals surface area contributed by atoms with Crippen molar-refractivity contribution in [3.63, 3.8) is 0 Å². The molecule has 0 aliphatic carbocycles. The molecule has 2 rings (SSSR count). The van der Waals surface area contributed by atoms with Crippen molar-refractivity contribution in [2.24, 2.45) is 0 Å². The zero-order chi connectivity index (χ0) is 14.8. The lowest BCUT2D eigenvalue weighted by Crippen LogP contribution is -2.31. The van der Waals surface area contributed by atoms with E-state index >= 15 is 0 Å². The van der Waals surface area contributed by atoms with E-state index in [1.54, 1.807) is 19.2 Å². The van der Waals surface area contributed by atoms with Crippen LogP contribution in [-0.2, 0) is 0 Å². The molecule has 0 bridgehead atoms. The van der Waals surface area contributed by atoms with Gasteiger partial charge in [-0.15, -0.1) is 0 Å². The second-order valence-corrected chi connectivity index (χ2v) is 5.63. The summed E-state index contributed by atoms with van der Waals surface area (Å²) < 4.78 is 11.4. The Morgan fingerprint density at radius 2 is 2.15 bits per heavy atom. The number of phenols is 1. The molecule has 1 atom stereocenters. The number of methoxy groups -OCH3 is 1. The number of rotatable bonds is 4. The topological polar surface area (TPSA) is 38.7 Å². The number of aromatic hydroxyl groups is 1. The Morgan fingerprint density at radius 3 is 2.80 bits per heavy atom. The molecule has 0 unspecified atom stereocenters. The number of fused-ring (bicyclic) bond motifs is 1. The largest absolute Gasteiger partial charge is 0.508 e. The fourth-order valence-electron chi connectivity index (χ4n) is 2.31. The van der Waals surface area contributed by atoms with Crippen LogP contribution in [0.3, 0.4) is 0 Å². The maximum Gasteiger partial charge on any atom is 0.169 e. The molecule has 1 heterocycles. The third-order valence-corrected chi connectivity index (χ3v) is 3.43. The van der Waals surface area contributed by atoms with E-state index in [1.807, 2.05) is 12.2 Å². The molecule has 0 saturated carbocycles. The number of benzene rings is 1. The van der Waals surface area contributed by atoms with Crippen molar-refractivity contribution in [1.82, 2.24) is 0 Å². The van der Waals surface area contributed by atoms with Crippen LogP contribution in [0.2, 0.25) is 0 Å². The summed E-state index contributed by atoms with van der Waals surface area (Å²) in [5.41, 5.74) is 1.82. The maximum atomic E-state index is 9.66. The minimum atomic E-state index is -0.344. The number of hydrogen-bond donors (Lipinski definition) is 1. The zero-order valence-corrected chi connectivity index (χ0v) is 12.6. The van der Waals surface area contributed by atoms with Crippen molar-refractivity contribution in [2.75, 3.05) is 7.11 Å². The van der Waals surface area contributed by atoms with Crippen LogP contribution >= 0.6 is 0 Å². The van der Waals surface area contributed by atoms with Crippen LogP contribution in [0.15, 0.2) is 29.9 Å². The molecule has 1 N–H and O–H groups in total. The maximum absolute atomic E-state index is 9.66. The average Bonchev–Trinajstić information content (AvgIpc) is 2.38. The Morgan fingerprint density at radius 1 is 1.40 bits per heavy atom. The van der Waals surface area contributed by atoms with Gasteiger partial charge in [-0.05, 0) is 45.8 Å². The van der Waals surface area contributed by atoms with Gasteiger partial charge >= 0.3 is 0 Å². The van der Waals surface area contributed by atoms with E-state index in [-0.39, 0.29) is 11.4 Å². The van der Waals surface area contributed by atoms with Gasteiger partial charge in [-0.25, -0.2) is 0 Å². The predicted octanol–water partition coefficient (Wildman–Crippen LogP) is 4.31. The molecule has 3 nitrogen and oxygen atoms in total. The third kappa shape index (κ3) is 3.16. The Kier molecular flexibility index (Phi) is 4.07. The first-order chi connectivity index (χ1) is 9.43. The molecule has 0 spiro atoms. The molecule has 0 amide bonds. The fourth-order valence-corrected chi connectivity index (χ4v) is 2.31. The van der Waals surface area contributed by atoms with Gasteiger partial charge in [-0.1, -0.05) is 17.7 Å². The average molecular weight is 274 g/mol. The van der Waals surface area contributed by atoms with Gasteiger partial charge in [0, 0.05) is 11.6 Å². The summed E-state index contributed by atoms with van der Waals surface area (Å²) in [6, 6.07) is 3.26. The van der Waals surface area contributed by atoms with Crippen molar-refractivity contribution in [2.45, 2.75) is 39.2 Å². The van der Waals surface area contributed by atoms with Crippen molar-refractivity contribution in [3.8, 4) is 17.2 Å². The molecule has 1 aromatic rings. The monoisotopic (exact) mass is 274 g/mol. The van der Waals surface area contributed by atoms with Gasteiger partial charge in [0.05, 0.1) is 7.11 Å². The van der Waals surface area contributed by atoms with Crippen LogP contribution in [-0.4, -0.2) is 17.8 Å². The Hall–Kier alpha value is -1.90. The molecule has 0 radical (unpaired) electrons.